The topological polar surface area (TPSA) is 135 Å². The number of thiazole rings is 1. The van der Waals surface area contributed by atoms with Gasteiger partial charge in [-0.1, -0.05) is 18.2 Å². The molecule has 0 radical (unpaired) electrons. The number of nitrogens with one attached hydrogen (secondary N) is 1. The predicted octanol–water partition coefficient (Wildman–Crippen LogP) is 4.91. The highest BCUT2D eigenvalue weighted by Crippen LogP contribution is 2.31. The molecule has 5 aromatic rings. The van der Waals surface area contributed by atoms with Gasteiger partial charge in [-0.3, -0.25) is 19.1 Å². The number of rotatable bonds is 7. The number of carbonyl (C=O) groups is 3. The Kier molecular flexibility index (Phi) is 7.91. The van der Waals surface area contributed by atoms with Crippen LogP contribution in [0.2, 0.25) is 0 Å². The highest BCUT2D eigenvalue weighted by molar-refractivity contribution is 7.14. The third kappa shape index (κ3) is 5.69. The monoisotopic (exact) mass is 636 g/mol. The average Bonchev–Trinajstić information content (AvgIpc) is 3.81. The summed E-state index contributed by atoms with van der Waals surface area (Å²) < 4.78 is 16.1. The minimum atomic E-state index is -1.37. The van der Waals surface area contributed by atoms with Gasteiger partial charge >= 0.3 is 0 Å². The summed E-state index contributed by atoms with van der Waals surface area (Å²) in [6.07, 6.45) is 6.17. The number of carbonyl (C=O) groups excluding carboxylic acids is 3. The van der Waals surface area contributed by atoms with E-state index in [1.165, 1.54) is 44.9 Å². The number of hydrogen-bond acceptors (Lipinski definition) is 8. The summed E-state index contributed by atoms with van der Waals surface area (Å²) >= 11 is 1.28. The number of fused-ring (bicyclic) bond motifs is 2. The number of aromatic nitrogens is 5. The van der Waals surface area contributed by atoms with Gasteiger partial charge in [-0.25, -0.2) is 14.4 Å². The fourth-order valence-corrected chi connectivity index (χ4v) is 6.97. The SMILES string of the molecule is C=NC(=O)c1nn(CC(=O)N2CC(F)CC2C(=O)Nc2nc(-c3ccc4c(c3)CCCC4)cs2)c2ccc(-c3ccnnc3)cc12. The summed E-state index contributed by atoms with van der Waals surface area (Å²) in [7, 11) is 0. The molecule has 1 aliphatic carbocycles. The van der Waals surface area contributed by atoms with Crippen molar-refractivity contribution in [3.63, 3.8) is 0 Å². The maximum Gasteiger partial charge on any atom is 0.297 e. The molecule has 0 bridgehead atoms. The molecule has 1 fully saturated rings. The van der Waals surface area contributed by atoms with Gasteiger partial charge in [0, 0.05) is 28.3 Å². The number of hydrogen-bond donors (Lipinski definition) is 1. The third-order valence-corrected chi connectivity index (χ3v) is 9.31. The van der Waals surface area contributed by atoms with Crippen LogP contribution in [0.3, 0.4) is 0 Å². The van der Waals surface area contributed by atoms with Gasteiger partial charge in [0.1, 0.15) is 18.8 Å². The highest BCUT2D eigenvalue weighted by atomic mass is 32.1. The van der Waals surface area contributed by atoms with Crippen molar-refractivity contribution in [3.05, 3.63) is 77.1 Å². The number of anilines is 1. The predicted molar refractivity (Wildman–Crippen MR) is 172 cm³/mol. The summed E-state index contributed by atoms with van der Waals surface area (Å²) in [5.74, 6) is -1.67. The van der Waals surface area contributed by atoms with E-state index in [1.54, 1.807) is 30.6 Å². The van der Waals surface area contributed by atoms with E-state index in [4.69, 9.17) is 0 Å². The standard InChI is InChI=1S/C33H29FN8O3S/c1-35-32(45)30-25-13-21(23-10-11-36-37-15-23)8-9-27(25)42(40-30)17-29(43)41-16-24(34)14-28(41)31(44)39-33-38-26(18-46-33)22-7-6-19-4-2-3-5-20(19)12-22/h6-13,15,18,24,28H,1-5,14,16-17H2,(H,38,39,44). The van der Waals surface area contributed by atoms with Crippen LogP contribution in [0, 0.1) is 0 Å². The lowest BCUT2D eigenvalue weighted by atomic mass is 9.90. The van der Waals surface area contributed by atoms with Crippen molar-refractivity contribution in [3.8, 4) is 22.4 Å². The van der Waals surface area contributed by atoms with Gasteiger partial charge in [-0.05, 0) is 73.4 Å². The third-order valence-electron chi connectivity index (χ3n) is 8.55. The summed E-state index contributed by atoms with van der Waals surface area (Å²) in [5.41, 5.74) is 6.52. The number of halogens is 1. The normalized spacial score (nSPS) is 17.5. The largest absolute Gasteiger partial charge is 0.326 e. The smallest absolute Gasteiger partial charge is 0.297 e. The van der Waals surface area contributed by atoms with E-state index >= 15 is 0 Å². The Morgan fingerprint density at radius 2 is 1.85 bits per heavy atom. The molecule has 1 N–H and O–H groups in total. The number of nitrogens with zero attached hydrogens (tertiary/aromatic N) is 7. The van der Waals surface area contributed by atoms with Crippen molar-refractivity contribution < 1.29 is 18.8 Å². The van der Waals surface area contributed by atoms with Crippen LogP contribution in [0.1, 0.15) is 40.9 Å². The summed E-state index contributed by atoms with van der Waals surface area (Å²) in [4.78, 5) is 48.9. The molecule has 13 heteroatoms. The average molecular weight is 637 g/mol. The molecule has 0 spiro atoms. The maximum atomic E-state index is 14.7. The highest BCUT2D eigenvalue weighted by Gasteiger charge is 2.40. The zero-order valence-corrected chi connectivity index (χ0v) is 25.5. The van der Waals surface area contributed by atoms with Crippen molar-refractivity contribution in [1.29, 1.82) is 0 Å². The van der Waals surface area contributed by atoms with Crippen LogP contribution in [0.5, 0.6) is 0 Å². The number of alkyl halides is 1. The lowest BCUT2D eigenvalue weighted by Crippen LogP contribution is -2.44. The molecule has 232 valence electrons. The molecule has 2 unspecified atom stereocenters. The van der Waals surface area contributed by atoms with Gasteiger partial charge in [0.15, 0.2) is 10.8 Å². The summed E-state index contributed by atoms with van der Waals surface area (Å²) in [5, 5.41) is 17.6. The molecule has 46 heavy (non-hydrogen) atoms. The Bertz CT molecular complexity index is 1990. The zero-order chi connectivity index (χ0) is 31.8. The van der Waals surface area contributed by atoms with Crippen molar-refractivity contribution in [2.75, 3.05) is 11.9 Å². The zero-order valence-electron chi connectivity index (χ0n) is 24.7. The van der Waals surface area contributed by atoms with Crippen LogP contribution in [-0.4, -0.2) is 73.1 Å². The Morgan fingerprint density at radius 3 is 2.65 bits per heavy atom. The van der Waals surface area contributed by atoms with E-state index in [0.29, 0.717) is 16.0 Å². The quantitative estimate of drug-likeness (QED) is 0.251. The van der Waals surface area contributed by atoms with Crippen molar-refractivity contribution in [2.45, 2.75) is 50.9 Å². The second-order valence-corrected chi connectivity index (χ2v) is 12.3. The van der Waals surface area contributed by atoms with Gasteiger partial charge in [0.05, 0.1) is 30.1 Å². The van der Waals surface area contributed by atoms with Crippen LogP contribution in [-0.2, 0) is 29.0 Å². The summed E-state index contributed by atoms with van der Waals surface area (Å²) in [6, 6.07) is 12.4. The number of amides is 3. The molecule has 4 heterocycles. The number of aryl methyl sites for hydroxylation is 2. The van der Waals surface area contributed by atoms with E-state index in [2.05, 4.69) is 55.5 Å². The molecule has 2 aliphatic rings. The molecule has 7 rings (SSSR count). The molecule has 1 aliphatic heterocycles. The maximum absolute atomic E-state index is 14.7. The molecular formula is C33H29FN8O3S. The fraction of sp³-hybridized carbons (Fsp3) is 0.273. The molecular weight excluding hydrogens is 607 g/mol. The number of benzene rings is 2. The Balaban J connectivity index is 1.09. The van der Waals surface area contributed by atoms with Gasteiger partial charge < -0.3 is 10.2 Å². The second-order valence-electron chi connectivity index (χ2n) is 11.4. The molecule has 2 atom stereocenters. The van der Waals surface area contributed by atoms with Crippen LogP contribution < -0.4 is 5.32 Å². The van der Waals surface area contributed by atoms with E-state index in [0.717, 1.165) is 35.2 Å². The van der Waals surface area contributed by atoms with E-state index in [-0.39, 0.29) is 25.2 Å². The van der Waals surface area contributed by atoms with Gasteiger partial charge in [-0.2, -0.15) is 15.3 Å². The van der Waals surface area contributed by atoms with Gasteiger partial charge in [0.25, 0.3) is 5.91 Å². The Labute approximate surface area is 267 Å². The minimum Gasteiger partial charge on any atom is -0.326 e. The van der Waals surface area contributed by atoms with Crippen LogP contribution >= 0.6 is 11.3 Å². The first-order chi connectivity index (χ1) is 22.4. The first-order valence-corrected chi connectivity index (χ1v) is 15.9. The minimum absolute atomic E-state index is 0.0271. The summed E-state index contributed by atoms with van der Waals surface area (Å²) in [6.45, 7) is 2.79. The van der Waals surface area contributed by atoms with Crippen molar-refractivity contribution in [2.24, 2.45) is 4.99 Å². The first-order valence-electron chi connectivity index (χ1n) is 15.0. The van der Waals surface area contributed by atoms with Crippen molar-refractivity contribution in [1.82, 2.24) is 29.9 Å². The number of aliphatic imine (C=N–C) groups is 1. The van der Waals surface area contributed by atoms with E-state index < -0.39 is 29.9 Å². The molecule has 11 nitrogen and oxygen atoms in total. The Hall–Kier alpha value is -5.17. The fourth-order valence-electron chi connectivity index (χ4n) is 6.25. The molecule has 2 aromatic carbocycles. The molecule has 3 amide bonds. The van der Waals surface area contributed by atoms with Crippen LogP contribution in [0.15, 0.2) is 65.2 Å². The van der Waals surface area contributed by atoms with Crippen LogP contribution in [0.4, 0.5) is 9.52 Å². The lowest BCUT2D eigenvalue weighted by molar-refractivity contribution is -0.137. The molecule has 3 aromatic heterocycles. The van der Waals surface area contributed by atoms with E-state index in [1.807, 2.05) is 11.4 Å². The Morgan fingerprint density at radius 1 is 1.02 bits per heavy atom. The van der Waals surface area contributed by atoms with E-state index in [9.17, 15) is 18.8 Å². The second kappa shape index (κ2) is 12.3. The van der Waals surface area contributed by atoms with Gasteiger partial charge in [0.2, 0.25) is 11.8 Å². The molecule has 1 saturated heterocycles. The molecule has 0 saturated carbocycles. The number of likely N-dealkylation sites (tertiary alicyclic amines) is 1. The van der Waals surface area contributed by atoms with Gasteiger partial charge in [-0.15, -0.1) is 11.3 Å². The lowest BCUT2D eigenvalue weighted by Gasteiger charge is -2.23. The van der Waals surface area contributed by atoms with Crippen molar-refractivity contribution >= 4 is 51.8 Å². The first kappa shape index (κ1) is 29.5. The van der Waals surface area contributed by atoms with Crippen LogP contribution in [0.25, 0.3) is 33.3 Å².